The molecule has 2 rings (SSSR count). The van der Waals surface area contributed by atoms with Crippen LogP contribution in [0.2, 0.25) is 0 Å². The molecule has 0 spiro atoms. The van der Waals surface area contributed by atoms with Gasteiger partial charge in [0.1, 0.15) is 5.82 Å². The van der Waals surface area contributed by atoms with E-state index in [1.165, 1.54) is 6.92 Å². The summed E-state index contributed by atoms with van der Waals surface area (Å²) in [6.45, 7) is 3.51. The van der Waals surface area contributed by atoms with Gasteiger partial charge in [-0.15, -0.1) is 0 Å². The number of pyridine rings is 1. The molecular weight excluding hydrogens is 178 g/mol. The Morgan fingerprint density at radius 2 is 2.36 bits per heavy atom. The van der Waals surface area contributed by atoms with Crippen LogP contribution in [0.1, 0.15) is 24.5 Å². The van der Waals surface area contributed by atoms with Crippen LogP contribution < -0.4 is 0 Å². The molecule has 0 unspecified atom stereocenters. The molecule has 2 aromatic heterocycles. The SMILES string of the molecule is CCc1nc2ncccc2n1C(C)=O. The van der Waals surface area contributed by atoms with E-state index in [1.54, 1.807) is 10.8 Å². The van der Waals surface area contributed by atoms with Crippen LogP contribution >= 0.6 is 0 Å². The standard InChI is InChI=1S/C10H11N3O/c1-3-9-12-10-8(5-4-6-11-10)13(9)7(2)14/h4-6H,3H2,1-2H3. The Balaban J connectivity index is 2.81. The van der Waals surface area contributed by atoms with Gasteiger partial charge in [0.25, 0.3) is 0 Å². The number of hydrogen-bond acceptors (Lipinski definition) is 3. The van der Waals surface area contributed by atoms with Gasteiger partial charge < -0.3 is 0 Å². The van der Waals surface area contributed by atoms with E-state index in [1.807, 2.05) is 19.1 Å². The zero-order valence-electron chi connectivity index (χ0n) is 8.19. The minimum Gasteiger partial charge on any atom is -0.274 e. The molecule has 0 amide bonds. The van der Waals surface area contributed by atoms with Gasteiger partial charge in [-0.25, -0.2) is 9.97 Å². The highest BCUT2D eigenvalue weighted by atomic mass is 16.1. The number of nitrogens with zero attached hydrogens (tertiary/aromatic N) is 3. The summed E-state index contributed by atoms with van der Waals surface area (Å²) in [6, 6.07) is 3.67. The van der Waals surface area contributed by atoms with Crippen LogP contribution in [0.25, 0.3) is 11.2 Å². The second kappa shape index (κ2) is 3.21. The van der Waals surface area contributed by atoms with Gasteiger partial charge in [-0.05, 0) is 12.1 Å². The van der Waals surface area contributed by atoms with E-state index in [9.17, 15) is 4.79 Å². The van der Waals surface area contributed by atoms with Crippen molar-refractivity contribution in [3.05, 3.63) is 24.2 Å². The number of rotatable bonds is 1. The molecule has 2 heterocycles. The lowest BCUT2D eigenvalue weighted by Gasteiger charge is -2.00. The summed E-state index contributed by atoms with van der Waals surface area (Å²) < 4.78 is 1.61. The van der Waals surface area contributed by atoms with Gasteiger partial charge in [-0.2, -0.15) is 0 Å². The molecule has 0 atom stereocenters. The molecule has 0 bridgehead atoms. The first-order valence-electron chi connectivity index (χ1n) is 4.57. The van der Waals surface area contributed by atoms with Crippen molar-refractivity contribution >= 4 is 17.1 Å². The molecule has 4 nitrogen and oxygen atoms in total. The third kappa shape index (κ3) is 1.19. The van der Waals surface area contributed by atoms with E-state index in [2.05, 4.69) is 9.97 Å². The molecule has 0 aliphatic carbocycles. The average Bonchev–Trinajstić information content (AvgIpc) is 2.55. The highest BCUT2D eigenvalue weighted by Gasteiger charge is 2.11. The van der Waals surface area contributed by atoms with Gasteiger partial charge in [-0.1, -0.05) is 6.92 Å². The van der Waals surface area contributed by atoms with Crippen LogP contribution in [-0.2, 0) is 6.42 Å². The number of carbonyl (C=O) groups excluding carboxylic acids is 1. The molecular formula is C10H11N3O. The highest BCUT2D eigenvalue weighted by molar-refractivity contribution is 5.88. The van der Waals surface area contributed by atoms with E-state index in [-0.39, 0.29) is 5.91 Å². The number of imidazole rings is 1. The fraction of sp³-hybridized carbons (Fsp3) is 0.300. The number of carbonyl (C=O) groups is 1. The third-order valence-corrected chi connectivity index (χ3v) is 2.13. The smallest absolute Gasteiger partial charge is 0.229 e. The van der Waals surface area contributed by atoms with Gasteiger partial charge >= 0.3 is 0 Å². The molecule has 4 heteroatoms. The molecule has 0 aliphatic heterocycles. The number of hydrogen-bond donors (Lipinski definition) is 0. The molecule has 0 saturated carbocycles. The van der Waals surface area contributed by atoms with Crippen LogP contribution in [0, 0.1) is 0 Å². The van der Waals surface area contributed by atoms with Gasteiger partial charge in [0.15, 0.2) is 5.65 Å². The van der Waals surface area contributed by atoms with Crippen molar-refractivity contribution in [2.45, 2.75) is 20.3 Å². The Labute approximate surface area is 81.6 Å². The zero-order chi connectivity index (χ0) is 10.1. The van der Waals surface area contributed by atoms with Crippen molar-refractivity contribution in [3.63, 3.8) is 0 Å². The maximum absolute atomic E-state index is 11.4. The topological polar surface area (TPSA) is 47.8 Å². The Kier molecular flexibility index (Phi) is 2.04. The Hall–Kier alpha value is -1.71. The van der Waals surface area contributed by atoms with E-state index in [0.29, 0.717) is 5.65 Å². The van der Waals surface area contributed by atoms with Gasteiger partial charge in [-0.3, -0.25) is 9.36 Å². The maximum Gasteiger partial charge on any atom is 0.229 e. The van der Waals surface area contributed by atoms with Gasteiger partial charge in [0, 0.05) is 19.5 Å². The zero-order valence-corrected chi connectivity index (χ0v) is 8.19. The Morgan fingerprint density at radius 3 is 3.00 bits per heavy atom. The van der Waals surface area contributed by atoms with Crippen molar-refractivity contribution in [1.82, 2.24) is 14.5 Å². The Morgan fingerprint density at radius 1 is 1.57 bits per heavy atom. The molecule has 72 valence electrons. The molecule has 0 saturated heterocycles. The van der Waals surface area contributed by atoms with Crippen LogP contribution in [0.5, 0.6) is 0 Å². The second-order valence-corrected chi connectivity index (χ2v) is 3.08. The van der Waals surface area contributed by atoms with E-state index < -0.39 is 0 Å². The average molecular weight is 189 g/mol. The van der Waals surface area contributed by atoms with Crippen molar-refractivity contribution in [3.8, 4) is 0 Å². The van der Waals surface area contributed by atoms with Crippen LogP contribution in [0.15, 0.2) is 18.3 Å². The number of aromatic nitrogens is 3. The highest BCUT2D eigenvalue weighted by Crippen LogP contribution is 2.13. The third-order valence-electron chi connectivity index (χ3n) is 2.13. The summed E-state index contributed by atoms with van der Waals surface area (Å²) in [5.41, 5.74) is 1.43. The van der Waals surface area contributed by atoms with Gasteiger partial charge in [0.05, 0.1) is 5.52 Å². The molecule has 0 fully saturated rings. The van der Waals surface area contributed by atoms with Crippen molar-refractivity contribution in [2.75, 3.05) is 0 Å². The first-order valence-corrected chi connectivity index (χ1v) is 4.57. The quantitative estimate of drug-likeness (QED) is 0.685. The first-order chi connectivity index (χ1) is 6.74. The molecule has 0 aromatic carbocycles. The molecule has 2 aromatic rings. The fourth-order valence-corrected chi connectivity index (χ4v) is 1.55. The summed E-state index contributed by atoms with van der Waals surface area (Å²) in [5, 5.41) is 0. The summed E-state index contributed by atoms with van der Waals surface area (Å²) >= 11 is 0. The number of aryl methyl sites for hydroxylation is 1. The molecule has 0 radical (unpaired) electrons. The second-order valence-electron chi connectivity index (χ2n) is 3.08. The number of fused-ring (bicyclic) bond motifs is 1. The summed E-state index contributed by atoms with van der Waals surface area (Å²) in [7, 11) is 0. The van der Waals surface area contributed by atoms with Crippen molar-refractivity contribution in [2.24, 2.45) is 0 Å². The summed E-state index contributed by atoms with van der Waals surface area (Å²) in [4.78, 5) is 19.8. The summed E-state index contributed by atoms with van der Waals surface area (Å²) in [5.74, 6) is 0.753. The van der Waals surface area contributed by atoms with Crippen LogP contribution in [0.3, 0.4) is 0 Å². The van der Waals surface area contributed by atoms with Crippen molar-refractivity contribution < 1.29 is 4.79 Å². The van der Waals surface area contributed by atoms with E-state index in [0.717, 1.165) is 17.8 Å². The predicted octanol–water partition coefficient (Wildman–Crippen LogP) is 1.65. The van der Waals surface area contributed by atoms with Gasteiger partial charge in [0.2, 0.25) is 5.91 Å². The lowest BCUT2D eigenvalue weighted by molar-refractivity contribution is 0.0938. The fourth-order valence-electron chi connectivity index (χ4n) is 1.55. The lowest BCUT2D eigenvalue weighted by atomic mass is 10.4. The van der Waals surface area contributed by atoms with E-state index >= 15 is 0 Å². The minimum absolute atomic E-state index is 0.0163. The predicted molar refractivity (Wildman–Crippen MR) is 53.2 cm³/mol. The lowest BCUT2D eigenvalue weighted by Crippen LogP contribution is -2.09. The van der Waals surface area contributed by atoms with Crippen LogP contribution in [0.4, 0.5) is 0 Å². The first kappa shape index (κ1) is 8.87. The minimum atomic E-state index is -0.0163. The molecule has 0 aliphatic rings. The monoisotopic (exact) mass is 189 g/mol. The largest absolute Gasteiger partial charge is 0.274 e. The van der Waals surface area contributed by atoms with Crippen LogP contribution in [-0.4, -0.2) is 20.4 Å². The normalized spacial score (nSPS) is 10.7. The summed E-state index contributed by atoms with van der Waals surface area (Å²) in [6.07, 6.45) is 2.41. The van der Waals surface area contributed by atoms with Crippen molar-refractivity contribution in [1.29, 1.82) is 0 Å². The van der Waals surface area contributed by atoms with E-state index in [4.69, 9.17) is 0 Å². The Bertz CT molecular complexity index is 487. The molecule has 14 heavy (non-hydrogen) atoms. The molecule has 0 N–H and O–H groups in total. The maximum atomic E-state index is 11.4.